The zero-order valence-corrected chi connectivity index (χ0v) is 14.7. The zero-order valence-electron chi connectivity index (χ0n) is 15.7. The van der Waals surface area contributed by atoms with Gasteiger partial charge in [0.05, 0.1) is 13.5 Å². The summed E-state index contributed by atoms with van der Waals surface area (Å²) in [6, 6.07) is 5.59. The zero-order chi connectivity index (χ0) is 18.8. The Morgan fingerprint density at radius 2 is 2.00 bits per heavy atom. The first-order valence-electron chi connectivity index (χ1n) is 8.42. The summed E-state index contributed by atoms with van der Waals surface area (Å²) in [6.07, 6.45) is 1.79. The molecule has 8 heteroatoms. The van der Waals surface area contributed by atoms with Crippen LogP contribution < -0.4 is 15.2 Å². The molecule has 3 aromatic rings. The van der Waals surface area contributed by atoms with Crippen LogP contribution in [-0.2, 0) is 20.7 Å². The van der Waals surface area contributed by atoms with Gasteiger partial charge in [-0.3, -0.25) is 0 Å². The predicted molar refractivity (Wildman–Crippen MR) is 92.3 cm³/mol. The van der Waals surface area contributed by atoms with E-state index in [1.165, 1.54) is 4.68 Å². The van der Waals surface area contributed by atoms with Crippen LogP contribution in [0.4, 0.5) is 0 Å². The Balaban J connectivity index is 2.01. The van der Waals surface area contributed by atoms with Crippen LogP contribution in [0.25, 0.3) is 5.82 Å². The van der Waals surface area contributed by atoms with E-state index in [4.69, 9.17) is 10.8 Å². The lowest BCUT2D eigenvalue weighted by Gasteiger charge is -2.11. The second-order valence-corrected chi connectivity index (χ2v) is 5.62. The Morgan fingerprint density at radius 1 is 1.20 bits per heavy atom. The number of hydrogen-bond donors (Lipinski definition) is 0. The van der Waals surface area contributed by atoms with Gasteiger partial charge in [-0.05, 0) is 35.9 Å². The second-order valence-electron chi connectivity index (χ2n) is 5.62. The van der Waals surface area contributed by atoms with Crippen molar-refractivity contribution in [1.82, 2.24) is 24.4 Å². The van der Waals surface area contributed by atoms with Gasteiger partial charge in [-0.25, -0.2) is 4.79 Å². The minimum absolute atomic E-state index is 0.187. The van der Waals surface area contributed by atoms with Crippen LogP contribution >= 0.6 is 0 Å². The molecule has 2 heterocycles. The van der Waals surface area contributed by atoms with E-state index in [1.54, 1.807) is 36.0 Å². The molecule has 0 fully saturated rings. The van der Waals surface area contributed by atoms with Crippen molar-refractivity contribution < 1.29 is 10.8 Å². The molecule has 0 saturated heterocycles. The monoisotopic (exact) mass is 345 g/mol. The first-order chi connectivity index (χ1) is 12.4. The minimum atomic E-state index is -0.356. The molecule has 0 amide bonds. The van der Waals surface area contributed by atoms with Gasteiger partial charge >= 0.3 is 5.69 Å². The predicted octanol–water partition coefficient (Wildman–Crippen LogP) is 1.59. The van der Waals surface area contributed by atoms with Crippen molar-refractivity contribution in [2.24, 2.45) is 14.1 Å². The summed E-state index contributed by atoms with van der Waals surface area (Å²) < 4.78 is 23.5. The molecule has 0 aliphatic rings. The van der Waals surface area contributed by atoms with Crippen LogP contribution in [0.3, 0.4) is 0 Å². The lowest BCUT2D eigenvalue weighted by Crippen LogP contribution is -2.24. The second kappa shape index (κ2) is 6.84. The van der Waals surface area contributed by atoms with Crippen LogP contribution in [0.15, 0.2) is 35.2 Å². The molecule has 0 saturated carbocycles. The summed E-state index contributed by atoms with van der Waals surface area (Å²) in [5, 5.41) is 7.70. The number of aromatic nitrogens is 5. The number of rotatable bonds is 6. The van der Waals surface area contributed by atoms with E-state index in [1.807, 2.05) is 20.9 Å². The van der Waals surface area contributed by atoms with Gasteiger partial charge < -0.3 is 14.0 Å². The van der Waals surface area contributed by atoms with Gasteiger partial charge in [0.25, 0.3) is 0 Å². The Kier molecular flexibility index (Phi) is 4.24. The third-order valence-corrected chi connectivity index (χ3v) is 3.83. The molecule has 0 aliphatic heterocycles. The van der Waals surface area contributed by atoms with E-state index in [0.29, 0.717) is 35.5 Å². The topological polar surface area (TPSA) is 76.1 Å². The van der Waals surface area contributed by atoms with Gasteiger partial charge in [0.1, 0.15) is 18.1 Å². The SMILES string of the molecule is [3H]c1ccc(OCc2c(OCC)cn(C)c2-n2nnn(C)c2=O)c(C)c1. The fourth-order valence-electron chi connectivity index (χ4n) is 2.59. The lowest BCUT2D eigenvalue weighted by molar-refractivity contribution is 0.286. The average molecular weight is 345 g/mol. The number of tetrazole rings is 1. The van der Waals surface area contributed by atoms with Crippen LogP contribution in [0.1, 0.15) is 19.4 Å². The summed E-state index contributed by atoms with van der Waals surface area (Å²) in [5.74, 6) is 1.84. The van der Waals surface area contributed by atoms with Crippen molar-refractivity contribution in [2.45, 2.75) is 20.5 Å². The number of benzene rings is 1. The Hall–Kier alpha value is -3.03. The highest BCUT2D eigenvalue weighted by atomic mass is 16.5. The summed E-state index contributed by atoms with van der Waals surface area (Å²) in [7, 11) is 3.35. The summed E-state index contributed by atoms with van der Waals surface area (Å²) in [4.78, 5) is 12.3. The highest BCUT2D eigenvalue weighted by Crippen LogP contribution is 2.29. The molecular weight excluding hydrogens is 322 g/mol. The van der Waals surface area contributed by atoms with E-state index in [9.17, 15) is 4.79 Å². The molecule has 0 unspecified atom stereocenters. The first kappa shape index (κ1) is 15.5. The van der Waals surface area contributed by atoms with Crippen molar-refractivity contribution in [3.8, 4) is 17.3 Å². The van der Waals surface area contributed by atoms with Crippen LogP contribution in [0.2, 0.25) is 0 Å². The van der Waals surface area contributed by atoms with Crippen LogP contribution in [-0.4, -0.2) is 31.0 Å². The number of ether oxygens (including phenoxy) is 2. The largest absolute Gasteiger partial charge is 0.492 e. The van der Waals surface area contributed by atoms with E-state index < -0.39 is 0 Å². The lowest BCUT2D eigenvalue weighted by atomic mass is 10.2. The van der Waals surface area contributed by atoms with E-state index in [-0.39, 0.29) is 12.3 Å². The minimum Gasteiger partial charge on any atom is -0.492 e. The molecule has 8 nitrogen and oxygen atoms in total. The van der Waals surface area contributed by atoms with Crippen molar-refractivity contribution in [2.75, 3.05) is 6.61 Å². The van der Waals surface area contributed by atoms with Crippen molar-refractivity contribution in [3.63, 3.8) is 0 Å². The molecular formula is C17H21N5O3. The average Bonchev–Trinajstić information content (AvgIpc) is 3.07. The van der Waals surface area contributed by atoms with Crippen LogP contribution in [0.5, 0.6) is 11.5 Å². The summed E-state index contributed by atoms with van der Waals surface area (Å²) >= 11 is 0. The van der Waals surface area contributed by atoms with Crippen LogP contribution in [0, 0.1) is 6.92 Å². The molecule has 0 spiro atoms. The Labute approximate surface area is 146 Å². The number of para-hydroxylation sites is 1. The maximum atomic E-state index is 12.3. The molecule has 2 aromatic heterocycles. The molecule has 0 bridgehead atoms. The van der Waals surface area contributed by atoms with Gasteiger partial charge in [0.2, 0.25) is 0 Å². The third-order valence-electron chi connectivity index (χ3n) is 3.83. The molecule has 0 aliphatic carbocycles. The van der Waals surface area contributed by atoms with Gasteiger partial charge in [0.15, 0.2) is 5.82 Å². The number of hydrogen-bond acceptors (Lipinski definition) is 5. The summed E-state index contributed by atoms with van der Waals surface area (Å²) in [5.41, 5.74) is 1.21. The quantitative estimate of drug-likeness (QED) is 0.678. The molecule has 0 atom stereocenters. The van der Waals surface area contributed by atoms with Gasteiger partial charge in [-0.1, -0.05) is 18.2 Å². The highest BCUT2D eigenvalue weighted by molar-refractivity contribution is 5.46. The maximum Gasteiger partial charge on any atom is 0.369 e. The van der Waals surface area contributed by atoms with E-state index in [0.717, 1.165) is 10.2 Å². The molecule has 0 radical (unpaired) electrons. The highest BCUT2D eigenvalue weighted by Gasteiger charge is 2.21. The molecule has 132 valence electrons. The normalized spacial score (nSPS) is 11.4. The maximum absolute atomic E-state index is 12.3. The number of aryl methyl sites for hydroxylation is 3. The van der Waals surface area contributed by atoms with E-state index >= 15 is 0 Å². The Morgan fingerprint density at radius 3 is 2.64 bits per heavy atom. The third kappa shape index (κ3) is 3.15. The van der Waals surface area contributed by atoms with Gasteiger partial charge in [-0.15, -0.1) is 4.68 Å². The molecule has 0 N–H and O–H groups in total. The fraction of sp³-hybridized carbons (Fsp3) is 0.353. The van der Waals surface area contributed by atoms with E-state index in [2.05, 4.69) is 10.4 Å². The standard InChI is InChI=1S/C17H21N5O3/c1-5-24-15-10-20(3)16(22-17(23)21(4)18-19-22)13(15)11-25-14-9-7-6-8-12(14)2/h6-10H,5,11H2,1-4H3/i6T. The van der Waals surface area contributed by atoms with Gasteiger partial charge in [0, 0.05) is 20.3 Å². The molecule has 1 aromatic carbocycles. The van der Waals surface area contributed by atoms with Crippen molar-refractivity contribution in [3.05, 3.63) is 52.0 Å². The smallest absolute Gasteiger partial charge is 0.369 e. The van der Waals surface area contributed by atoms with Crippen molar-refractivity contribution in [1.29, 1.82) is 0 Å². The Bertz CT molecular complexity index is 989. The molecule has 25 heavy (non-hydrogen) atoms. The summed E-state index contributed by atoms with van der Waals surface area (Å²) in [6.45, 7) is 4.45. The number of nitrogens with zero attached hydrogens (tertiary/aromatic N) is 5. The molecule has 3 rings (SSSR count). The first-order valence-corrected chi connectivity index (χ1v) is 7.92. The van der Waals surface area contributed by atoms with Gasteiger partial charge in [-0.2, -0.15) is 4.68 Å². The fourth-order valence-corrected chi connectivity index (χ4v) is 2.59. The van der Waals surface area contributed by atoms with Crippen molar-refractivity contribution >= 4 is 0 Å².